The lowest BCUT2D eigenvalue weighted by molar-refractivity contribution is 1.17. The van der Waals surface area contributed by atoms with Gasteiger partial charge in [0.15, 0.2) is 0 Å². The van der Waals surface area contributed by atoms with Gasteiger partial charge in [-0.05, 0) is 52.0 Å². The Balaban J connectivity index is 1.91. The Morgan fingerprint density at radius 3 is 3.00 bits per heavy atom. The zero-order chi connectivity index (χ0) is 13.2. The fourth-order valence-electron chi connectivity index (χ4n) is 2.04. The van der Waals surface area contributed by atoms with Crippen LogP contribution in [-0.4, -0.2) is 4.98 Å². The normalized spacial score (nSPS) is 10.8. The minimum absolute atomic E-state index is 0.848. The summed E-state index contributed by atoms with van der Waals surface area (Å²) in [5.74, 6) is 0. The molecule has 0 aliphatic carbocycles. The van der Waals surface area contributed by atoms with Crippen LogP contribution in [-0.2, 0) is 6.54 Å². The van der Waals surface area contributed by atoms with E-state index in [1.807, 2.05) is 6.20 Å². The first kappa shape index (κ1) is 12.6. The first-order valence-corrected chi connectivity index (χ1v) is 7.72. The largest absolute Gasteiger partial charge is 0.378 e. The van der Waals surface area contributed by atoms with Crippen LogP contribution in [0.15, 0.2) is 46.4 Å². The molecule has 3 aromatic rings. The van der Waals surface area contributed by atoms with Crippen LogP contribution < -0.4 is 5.32 Å². The van der Waals surface area contributed by atoms with E-state index in [0.29, 0.717) is 0 Å². The second-order valence-corrected chi connectivity index (χ2v) is 6.33. The van der Waals surface area contributed by atoms with E-state index in [1.54, 1.807) is 11.3 Å². The quantitative estimate of drug-likeness (QED) is 0.731. The number of hydrogen-bond acceptors (Lipinski definition) is 3. The molecule has 0 aliphatic rings. The van der Waals surface area contributed by atoms with Gasteiger partial charge in [0.2, 0.25) is 0 Å². The van der Waals surface area contributed by atoms with Gasteiger partial charge >= 0.3 is 0 Å². The number of nitrogens with one attached hydrogen (secondary N) is 1. The number of aromatic nitrogens is 1. The predicted octanol–water partition coefficient (Wildman–Crippen LogP) is 4.98. The Morgan fingerprint density at radius 1 is 1.32 bits per heavy atom. The van der Waals surface area contributed by atoms with Crippen LogP contribution in [0.3, 0.4) is 0 Å². The van der Waals surface area contributed by atoms with Crippen molar-refractivity contribution in [1.82, 2.24) is 4.98 Å². The number of rotatable bonds is 3. The molecule has 0 saturated carbocycles. The van der Waals surface area contributed by atoms with Gasteiger partial charge in [-0.1, -0.05) is 12.1 Å². The molecule has 2 heterocycles. The summed E-state index contributed by atoms with van der Waals surface area (Å²) < 4.78 is 1.01. The molecule has 3 rings (SSSR count). The number of para-hydroxylation sites is 1. The summed E-state index contributed by atoms with van der Waals surface area (Å²) in [4.78, 5) is 5.87. The second-order valence-electron chi connectivity index (χ2n) is 4.41. The number of hydrogen-bond donors (Lipinski definition) is 1. The fraction of sp³-hybridized carbons (Fsp3) is 0.133. The van der Waals surface area contributed by atoms with Crippen molar-refractivity contribution in [3.05, 3.63) is 56.8 Å². The molecule has 96 valence electrons. The lowest BCUT2D eigenvalue weighted by atomic mass is 10.2. The number of aryl methyl sites for hydroxylation is 1. The monoisotopic (exact) mass is 332 g/mol. The third-order valence-electron chi connectivity index (χ3n) is 3.09. The van der Waals surface area contributed by atoms with Crippen molar-refractivity contribution in [3.8, 4) is 0 Å². The van der Waals surface area contributed by atoms with Gasteiger partial charge in [0, 0.05) is 27.5 Å². The smallest absolute Gasteiger partial charge is 0.0934 e. The maximum atomic E-state index is 4.50. The summed E-state index contributed by atoms with van der Waals surface area (Å²) in [5, 5.41) is 6.75. The van der Waals surface area contributed by atoms with Crippen molar-refractivity contribution in [2.75, 3.05) is 5.32 Å². The maximum absolute atomic E-state index is 4.50. The highest BCUT2D eigenvalue weighted by molar-refractivity contribution is 9.10. The Kier molecular flexibility index (Phi) is 3.53. The molecular weight excluding hydrogens is 320 g/mol. The molecule has 0 atom stereocenters. The van der Waals surface area contributed by atoms with Gasteiger partial charge in [0.1, 0.15) is 0 Å². The van der Waals surface area contributed by atoms with Crippen LogP contribution in [0.4, 0.5) is 5.69 Å². The molecule has 0 fully saturated rings. The average Bonchev–Trinajstić information content (AvgIpc) is 2.81. The zero-order valence-electron chi connectivity index (χ0n) is 10.5. The molecule has 4 heteroatoms. The molecule has 0 radical (unpaired) electrons. The summed E-state index contributed by atoms with van der Waals surface area (Å²) in [6.07, 6.45) is 1.84. The van der Waals surface area contributed by atoms with Gasteiger partial charge < -0.3 is 5.32 Å². The van der Waals surface area contributed by atoms with E-state index in [1.165, 1.54) is 10.4 Å². The molecular formula is C15H13BrN2S. The van der Waals surface area contributed by atoms with Crippen molar-refractivity contribution in [3.63, 3.8) is 0 Å². The van der Waals surface area contributed by atoms with Gasteiger partial charge in [-0.3, -0.25) is 4.98 Å². The zero-order valence-corrected chi connectivity index (χ0v) is 12.9. The van der Waals surface area contributed by atoms with Crippen molar-refractivity contribution in [2.24, 2.45) is 0 Å². The molecule has 0 amide bonds. The maximum Gasteiger partial charge on any atom is 0.0934 e. The van der Waals surface area contributed by atoms with Gasteiger partial charge in [-0.25, -0.2) is 0 Å². The first-order valence-electron chi connectivity index (χ1n) is 6.05. The fourth-order valence-corrected chi connectivity index (χ4v) is 3.23. The molecule has 1 N–H and O–H groups in total. The number of thiophene rings is 1. The van der Waals surface area contributed by atoms with E-state index >= 15 is 0 Å². The van der Waals surface area contributed by atoms with E-state index in [-0.39, 0.29) is 0 Å². The molecule has 0 unspecified atom stereocenters. The summed E-state index contributed by atoms with van der Waals surface area (Å²) in [5.41, 5.74) is 3.44. The van der Waals surface area contributed by atoms with E-state index in [2.05, 4.69) is 68.9 Å². The Labute approximate surface area is 124 Å². The third-order valence-corrected chi connectivity index (χ3v) is 4.54. The van der Waals surface area contributed by atoms with E-state index in [0.717, 1.165) is 27.6 Å². The van der Waals surface area contributed by atoms with Gasteiger partial charge in [-0.15, -0.1) is 11.3 Å². The van der Waals surface area contributed by atoms with Crippen molar-refractivity contribution >= 4 is 43.9 Å². The molecule has 2 aromatic heterocycles. The Morgan fingerprint density at radius 2 is 2.21 bits per heavy atom. The minimum Gasteiger partial charge on any atom is -0.378 e. The average molecular weight is 333 g/mol. The SMILES string of the molecule is Cc1ccsc1CNc1cccc2cc(Br)cnc12. The van der Waals surface area contributed by atoms with Gasteiger partial charge in [0.05, 0.1) is 11.2 Å². The van der Waals surface area contributed by atoms with Gasteiger partial charge in [0.25, 0.3) is 0 Å². The van der Waals surface area contributed by atoms with Gasteiger partial charge in [-0.2, -0.15) is 0 Å². The van der Waals surface area contributed by atoms with E-state index in [4.69, 9.17) is 0 Å². The van der Waals surface area contributed by atoms with Crippen LogP contribution in [0.5, 0.6) is 0 Å². The van der Waals surface area contributed by atoms with E-state index in [9.17, 15) is 0 Å². The van der Waals surface area contributed by atoms with Crippen LogP contribution in [0.25, 0.3) is 10.9 Å². The highest BCUT2D eigenvalue weighted by atomic mass is 79.9. The molecule has 2 nitrogen and oxygen atoms in total. The van der Waals surface area contributed by atoms with Crippen molar-refractivity contribution in [2.45, 2.75) is 13.5 Å². The molecule has 19 heavy (non-hydrogen) atoms. The van der Waals surface area contributed by atoms with Crippen LogP contribution in [0.2, 0.25) is 0 Å². The van der Waals surface area contributed by atoms with E-state index < -0.39 is 0 Å². The van der Waals surface area contributed by atoms with Crippen molar-refractivity contribution in [1.29, 1.82) is 0 Å². The molecule has 0 bridgehead atoms. The van der Waals surface area contributed by atoms with Crippen molar-refractivity contribution < 1.29 is 0 Å². The molecule has 0 saturated heterocycles. The number of anilines is 1. The first-order chi connectivity index (χ1) is 9.24. The van der Waals surface area contributed by atoms with Crippen LogP contribution >= 0.6 is 27.3 Å². The molecule has 1 aromatic carbocycles. The lowest BCUT2D eigenvalue weighted by Gasteiger charge is -2.09. The number of pyridine rings is 1. The topological polar surface area (TPSA) is 24.9 Å². The lowest BCUT2D eigenvalue weighted by Crippen LogP contribution is -2.00. The summed E-state index contributed by atoms with van der Waals surface area (Å²) in [7, 11) is 0. The summed E-state index contributed by atoms with van der Waals surface area (Å²) >= 11 is 5.24. The number of benzene rings is 1. The summed E-state index contributed by atoms with van der Waals surface area (Å²) in [6, 6.07) is 10.4. The van der Waals surface area contributed by atoms with Crippen LogP contribution in [0, 0.1) is 6.92 Å². The third kappa shape index (κ3) is 2.65. The predicted molar refractivity (Wildman–Crippen MR) is 85.8 cm³/mol. The minimum atomic E-state index is 0.848. The number of halogens is 1. The Bertz CT molecular complexity index is 721. The highest BCUT2D eigenvalue weighted by Gasteiger charge is 2.04. The Hall–Kier alpha value is -1.39. The molecule has 0 aliphatic heterocycles. The highest BCUT2D eigenvalue weighted by Crippen LogP contribution is 2.25. The number of nitrogens with zero attached hydrogens (tertiary/aromatic N) is 1. The standard InChI is InChI=1S/C15H13BrN2S/c1-10-5-6-19-14(10)9-17-13-4-2-3-11-7-12(16)8-18-15(11)13/h2-8,17H,9H2,1H3. The summed E-state index contributed by atoms with van der Waals surface area (Å²) in [6.45, 7) is 2.99. The second kappa shape index (κ2) is 5.31. The number of fused-ring (bicyclic) bond motifs is 1. The molecule has 0 spiro atoms. The van der Waals surface area contributed by atoms with Crippen LogP contribution in [0.1, 0.15) is 10.4 Å².